The third-order valence-corrected chi connectivity index (χ3v) is 5.85. The summed E-state index contributed by atoms with van der Waals surface area (Å²) in [5, 5.41) is 20.2. The number of hydrogen-bond donors (Lipinski definition) is 2. The molecule has 2 aliphatic carbocycles. The summed E-state index contributed by atoms with van der Waals surface area (Å²) < 4.78 is 0. The van der Waals surface area contributed by atoms with Gasteiger partial charge in [0, 0.05) is 24.0 Å². The number of aliphatic hydroxyl groups is 2. The molecule has 0 heterocycles. The molecule has 0 aromatic heterocycles. The Kier molecular flexibility index (Phi) is 5.08. The van der Waals surface area contributed by atoms with Crippen LogP contribution in [-0.4, -0.2) is 23.4 Å². The van der Waals surface area contributed by atoms with E-state index in [1.807, 2.05) is 0 Å². The fourth-order valence-electron chi connectivity index (χ4n) is 4.52. The zero-order chi connectivity index (χ0) is 12.9. The lowest BCUT2D eigenvalue weighted by atomic mass is 9.57. The molecule has 0 bridgehead atoms. The molecule has 0 aromatic carbocycles. The highest BCUT2D eigenvalue weighted by atomic mass is 16.3. The van der Waals surface area contributed by atoms with Crippen molar-refractivity contribution >= 4 is 0 Å². The monoisotopic (exact) mass is 254 g/mol. The molecule has 0 spiro atoms. The zero-order valence-corrected chi connectivity index (χ0v) is 11.8. The second kappa shape index (κ2) is 6.38. The molecule has 0 amide bonds. The number of hydrogen-bond acceptors (Lipinski definition) is 2. The molecule has 2 aliphatic rings. The molecule has 106 valence electrons. The van der Waals surface area contributed by atoms with Crippen molar-refractivity contribution in [2.24, 2.45) is 10.8 Å². The first kappa shape index (κ1) is 14.3. The topological polar surface area (TPSA) is 40.5 Å². The molecule has 2 nitrogen and oxygen atoms in total. The molecule has 2 rings (SSSR count). The van der Waals surface area contributed by atoms with Gasteiger partial charge in [-0.2, -0.15) is 0 Å². The molecular formula is C16H30O2. The highest BCUT2D eigenvalue weighted by Gasteiger charge is 2.49. The number of aliphatic hydroxyl groups excluding tert-OH is 2. The van der Waals surface area contributed by atoms with Crippen LogP contribution in [0, 0.1) is 10.8 Å². The lowest BCUT2D eigenvalue weighted by molar-refractivity contribution is -0.0773. The summed E-state index contributed by atoms with van der Waals surface area (Å²) in [6.45, 7) is 0.571. The van der Waals surface area contributed by atoms with Crippen LogP contribution in [0.25, 0.3) is 0 Å². The largest absolute Gasteiger partial charge is 0.396 e. The van der Waals surface area contributed by atoms with E-state index in [0.29, 0.717) is 0 Å². The van der Waals surface area contributed by atoms with E-state index in [-0.39, 0.29) is 24.0 Å². The van der Waals surface area contributed by atoms with Crippen LogP contribution in [-0.2, 0) is 0 Å². The van der Waals surface area contributed by atoms with Crippen LogP contribution in [0.2, 0.25) is 0 Å². The van der Waals surface area contributed by atoms with Gasteiger partial charge in [-0.3, -0.25) is 0 Å². The molecule has 0 aromatic rings. The van der Waals surface area contributed by atoms with E-state index in [0.717, 1.165) is 25.7 Å². The molecule has 0 aliphatic heterocycles. The van der Waals surface area contributed by atoms with Gasteiger partial charge in [0.2, 0.25) is 0 Å². The summed E-state index contributed by atoms with van der Waals surface area (Å²) in [6.07, 6.45) is 14.7. The van der Waals surface area contributed by atoms with E-state index in [9.17, 15) is 10.2 Å². The van der Waals surface area contributed by atoms with Crippen molar-refractivity contribution in [2.75, 3.05) is 13.2 Å². The summed E-state index contributed by atoms with van der Waals surface area (Å²) in [7, 11) is 0. The Bertz CT molecular complexity index is 207. The lowest BCUT2D eigenvalue weighted by Gasteiger charge is -2.49. The van der Waals surface area contributed by atoms with Crippen molar-refractivity contribution in [1.29, 1.82) is 0 Å². The maximum Gasteiger partial charge on any atom is 0.0493 e. The summed E-state index contributed by atoms with van der Waals surface area (Å²) in [6, 6.07) is 0. The van der Waals surface area contributed by atoms with Gasteiger partial charge in [-0.05, 0) is 25.7 Å². The first-order valence-corrected chi connectivity index (χ1v) is 8.00. The van der Waals surface area contributed by atoms with E-state index in [4.69, 9.17) is 0 Å². The van der Waals surface area contributed by atoms with Gasteiger partial charge in [-0.1, -0.05) is 51.4 Å². The van der Waals surface area contributed by atoms with Crippen LogP contribution < -0.4 is 0 Å². The predicted octanol–water partition coefficient (Wildman–Crippen LogP) is 3.65. The van der Waals surface area contributed by atoms with Gasteiger partial charge >= 0.3 is 0 Å². The highest BCUT2D eigenvalue weighted by molar-refractivity contribution is 4.99. The zero-order valence-electron chi connectivity index (χ0n) is 11.8. The molecule has 18 heavy (non-hydrogen) atoms. The van der Waals surface area contributed by atoms with Crippen LogP contribution in [0.1, 0.15) is 77.0 Å². The lowest BCUT2D eigenvalue weighted by Crippen LogP contribution is -2.47. The van der Waals surface area contributed by atoms with E-state index < -0.39 is 0 Å². The number of rotatable bonds is 3. The minimum atomic E-state index is 0.0165. The minimum absolute atomic E-state index is 0.0165. The predicted molar refractivity (Wildman–Crippen MR) is 74.4 cm³/mol. The van der Waals surface area contributed by atoms with Crippen LogP contribution in [0.3, 0.4) is 0 Å². The maximum atomic E-state index is 10.1. The Balaban J connectivity index is 2.24. The van der Waals surface area contributed by atoms with Gasteiger partial charge in [-0.15, -0.1) is 0 Å². The van der Waals surface area contributed by atoms with Gasteiger partial charge in [0.25, 0.3) is 0 Å². The molecule has 0 unspecified atom stereocenters. The second-order valence-corrected chi connectivity index (χ2v) is 6.71. The van der Waals surface area contributed by atoms with Crippen molar-refractivity contribution in [3.05, 3.63) is 0 Å². The van der Waals surface area contributed by atoms with Gasteiger partial charge in [-0.25, -0.2) is 0 Å². The second-order valence-electron chi connectivity index (χ2n) is 6.71. The summed E-state index contributed by atoms with van der Waals surface area (Å²) >= 11 is 0. The molecule has 0 saturated heterocycles. The van der Waals surface area contributed by atoms with Crippen molar-refractivity contribution in [1.82, 2.24) is 0 Å². The van der Waals surface area contributed by atoms with E-state index in [2.05, 4.69) is 0 Å². The Labute approximate surface area is 112 Å². The van der Waals surface area contributed by atoms with Gasteiger partial charge in [0.1, 0.15) is 0 Å². The van der Waals surface area contributed by atoms with Crippen LogP contribution in [0.4, 0.5) is 0 Å². The average molecular weight is 254 g/mol. The Hall–Kier alpha value is -0.0800. The van der Waals surface area contributed by atoms with Gasteiger partial charge in [0.05, 0.1) is 0 Å². The Morgan fingerprint density at radius 1 is 0.500 bits per heavy atom. The van der Waals surface area contributed by atoms with Crippen molar-refractivity contribution < 1.29 is 10.2 Å². The van der Waals surface area contributed by atoms with Crippen LogP contribution >= 0.6 is 0 Å². The van der Waals surface area contributed by atoms with Crippen LogP contribution in [0.5, 0.6) is 0 Å². The molecule has 2 fully saturated rings. The Morgan fingerprint density at radius 2 is 0.778 bits per heavy atom. The van der Waals surface area contributed by atoms with E-state index >= 15 is 0 Å². The van der Waals surface area contributed by atoms with Crippen LogP contribution in [0.15, 0.2) is 0 Å². The third kappa shape index (κ3) is 2.60. The van der Waals surface area contributed by atoms with Gasteiger partial charge < -0.3 is 10.2 Å². The molecular weight excluding hydrogens is 224 g/mol. The maximum absolute atomic E-state index is 10.1. The summed E-state index contributed by atoms with van der Waals surface area (Å²) in [5.41, 5.74) is 0.0329. The summed E-state index contributed by atoms with van der Waals surface area (Å²) in [5.74, 6) is 0. The molecule has 0 atom stereocenters. The van der Waals surface area contributed by atoms with E-state index in [1.54, 1.807) is 0 Å². The summed E-state index contributed by atoms with van der Waals surface area (Å²) in [4.78, 5) is 0. The average Bonchev–Trinajstić information content (AvgIpc) is 2.80. The van der Waals surface area contributed by atoms with Crippen molar-refractivity contribution in [3.63, 3.8) is 0 Å². The van der Waals surface area contributed by atoms with E-state index in [1.165, 1.54) is 51.4 Å². The normalized spacial score (nSPS) is 28.3. The first-order chi connectivity index (χ1) is 8.79. The molecule has 2 saturated carbocycles. The fraction of sp³-hybridized carbons (Fsp3) is 1.00. The minimum Gasteiger partial charge on any atom is -0.396 e. The molecule has 2 heteroatoms. The third-order valence-electron chi connectivity index (χ3n) is 5.85. The van der Waals surface area contributed by atoms with Crippen molar-refractivity contribution in [3.8, 4) is 0 Å². The van der Waals surface area contributed by atoms with Gasteiger partial charge in [0.15, 0.2) is 0 Å². The first-order valence-electron chi connectivity index (χ1n) is 8.00. The quantitative estimate of drug-likeness (QED) is 0.755. The Morgan fingerprint density at radius 3 is 1.00 bits per heavy atom. The van der Waals surface area contributed by atoms with Crippen molar-refractivity contribution in [2.45, 2.75) is 77.0 Å². The smallest absolute Gasteiger partial charge is 0.0493 e. The SMILES string of the molecule is OCC1(C2(CO)CCCCCC2)CCCCCC1. The molecule has 2 N–H and O–H groups in total. The fourth-order valence-corrected chi connectivity index (χ4v) is 4.52. The highest BCUT2D eigenvalue weighted by Crippen LogP contribution is 2.55. The standard InChI is InChI=1S/C16H30O2/c17-13-15(9-5-1-2-6-10-15)16(14-18)11-7-3-4-8-12-16/h17-18H,1-14H2. The molecule has 0 radical (unpaired) electrons.